The van der Waals surface area contributed by atoms with Crippen LogP contribution in [0.4, 0.5) is 0 Å². The summed E-state index contributed by atoms with van der Waals surface area (Å²) in [6.45, 7) is 0. The molecule has 5 nitrogen and oxygen atoms in total. The largest absolute Gasteiger partial charge is 0.336 e. The van der Waals surface area contributed by atoms with Crippen molar-refractivity contribution < 1.29 is 0 Å². The topological polar surface area (TPSA) is 80.5 Å². The molecule has 6 heteroatoms. The van der Waals surface area contributed by atoms with Gasteiger partial charge in [0.25, 0.3) is 0 Å². The molecule has 0 bridgehead atoms. The van der Waals surface area contributed by atoms with E-state index in [9.17, 15) is 0 Å². The van der Waals surface area contributed by atoms with E-state index in [1.165, 1.54) is 19.3 Å². The van der Waals surface area contributed by atoms with Crippen molar-refractivity contribution in [3.8, 4) is 6.07 Å². The lowest BCUT2D eigenvalue weighted by Gasteiger charge is -2.20. The summed E-state index contributed by atoms with van der Waals surface area (Å²) in [6.07, 6.45) is 6.13. The van der Waals surface area contributed by atoms with Gasteiger partial charge in [-0.25, -0.2) is 4.68 Å². The Morgan fingerprint density at radius 3 is 2.86 bits per heavy atom. The number of thioether (sulfide) groups is 1. The lowest BCUT2D eigenvalue weighted by molar-refractivity contribution is 0.421. The second-order valence-electron chi connectivity index (χ2n) is 5.65. The predicted octanol–water partition coefficient (Wildman–Crippen LogP) is 3.20. The average Bonchev–Trinajstić information content (AvgIpc) is 2.95. The zero-order valence-electron chi connectivity index (χ0n) is 12.4. The molecular formula is C16H19N5S. The first-order chi connectivity index (χ1) is 10.8. The predicted molar refractivity (Wildman–Crippen MR) is 86.7 cm³/mol. The van der Waals surface area contributed by atoms with Gasteiger partial charge >= 0.3 is 0 Å². The Morgan fingerprint density at radius 1 is 1.27 bits per heavy atom. The minimum absolute atomic E-state index is 0.447. The number of hydrogen-bond acceptors (Lipinski definition) is 5. The maximum Gasteiger partial charge on any atom is 0.210 e. The molecule has 0 aliphatic heterocycles. The summed E-state index contributed by atoms with van der Waals surface area (Å²) < 4.78 is 1.65. The first-order valence-electron chi connectivity index (χ1n) is 7.60. The summed E-state index contributed by atoms with van der Waals surface area (Å²) in [5.74, 6) is 8.26. The lowest BCUT2D eigenvalue weighted by Crippen LogP contribution is -2.18. The number of nitrogens with two attached hydrogens (primary N) is 1. The number of hydrogen-bond donors (Lipinski definition) is 1. The highest BCUT2D eigenvalue weighted by atomic mass is 32.2. The molecular weight excluding hydrogens is 294 g/mol. The van der Waals surface area contributed by atoms with Gasteiger partial charge in [0.05, 0.1) is 11.6 Å². The van der Waals surface area contributed by atoms with Crippen LogP contribution in [0.3, 0.4) is 0 Å². The second-order valence-corrected chi connectivity index (χ2v) is 6.59. The summed E-state index contributed by atoms with van der Waals surface area (Å²) in [4.78, 5) is 0. The van der Waals surface area contributed by atoms with Crippen LogP contribution in [0, 0.1) is 11.3 Å². The van der Waals surface area contributed by atoms with Gasteiger partial charge in [-0.3, -0.25) is 0 Å². The molecule has 0 atom stereocenters. The molecule has 1 saturated carbocycles. The fourth-order valence-electron chi connectivity index (χ4n) is 2.90. The lowest BCUT2D eigenvalue weighted by atomic mass is 9.89. The van der Waals surface area contributed by atoms with Gasteiger partial charge < -0.3 is 5.84 Å². The molecule has 0 spiro atoms. The molecule has 0 unspecified atom stereocenters. The van der Waals surface area contributed by atoms with Crippen molar-refractivity contribution >= 4 is 11.8 Å². The summed E-state index contributed by atoms with van der Waals surface area (Å²) in [6, 6.07) is 9.76. The SMILES string of the molecule is N#Cc1cccc(CSc2nnc(C3CCCCC3)n2N)c1. The van der Waals surface area contributed by atoms with Crippen LogP contribution in [0.25, 0.3) is 0 Å². The smallest absolute Gasteiger partial charge is 0.210 e. The third-order valence-corrected chi connectivity index (χ3v) is 5.10. The minimum atomic E-state index is 0.447. The average molecular weight is 313 g/mol. The molecule has 2 N–H and O–H groups in total. The Labute approximate surface area is 134 Å². The Hall–Kier alpha value is -2.00. The van der Waals surface area contributed by atoms with Crippen LogP contribution < -0.4 is 5.84 Å². The number of aromatic nitrogens is 3. The third kappa shape index (κ3) is 3.25. The number of benzene rings is 1. The van der Waals surface area contributed by atoms with E-state index in [1.807, 2.05) is 18.2 Å². The highest BCUT2D eigenvalue weighted by Crippen LogP contribution is 2.32. The van der Waals surface area contributed by atoms with E-state index in [4.69, 9.17) is 11.1 Å². The van der Waals surface area contributed by atoms with Gasteiger partial charge in [0.15, 0.2) is 5.82 Å². The van der Waals surface area contributed by atoms with Crippen molar-refractivity contribution in [1.29, 1.82) is 5.26 Å². The van der Waals surface area contributed by atoms with E-state index >= 15 is 0 Å². The standard InChI is InChI=1S/C16H19N5S/c17-10-12-5-4-6-13(9-12)11-22-16-20-19-15(21(16)18)14-7-2-1-3-8-14/h4-6,9,14H,1-3,7-8,11,18H2. The summed E-state index contributed by atoms with van der Waals surface area (Å²) in [7, 11) is 0. The van der Waals surface area contributed by atoms with Gasteiger partial charge in [-0.05, 0) is 30.5 Å². The minimum Gasteiger partial charge on any atom is -0.336 e. The number of nitrogens with zero attached hydrogens (tertiary/aromatic N) is 4. The van der Waals surface area contributed by atoms with Crippen molar-refractivity contribution in [2.75, 3.05) is 5.84 Å². The zero-order valence-corrected chi connectivity index (χ0v) is 13.2. The number of nitriles is 1. The normalized spacial score (nSPS) is 15.6. The molecule has 1 heterocycles. The van der Waals surface area contributed by atoms with Crippen LogP contribution in [0.15, 0.2) is 29.4 Å². The van der Waals surface area contributed by atoms with Crippen molar-refractivity contribution in [3.05, 3.63) is 41.2 Å². The number of rotatable bonds is 4. The van der Waals surface area contributed by atoms with Gasteiger partial charge in [0.1, 0.15) is 0 Å². The fraction of sp³-hybridized carbons (Fsp3) is 0.438. The highest BCUT2D eigenvalue weighted by molar-refractivity contribution is 7.98. The molecule has 0 radical (unpaired) electrons. The van der Waals surface area contributed by atoms with Crippen molar-refractivity contribution in [3.63, 3.8) is 0 Å². The quantitative estimate of drug-likeness (QED) is 0.692. The molecule has 1 aromatic heterocycles. The van der Waals surface area contributed by atoms with Crippen LogP contribution in [0.5, 0.6) is 0 Å². The van der Waals surface area contributed by atoms with Crippen LogP contribution in [0.2, 0.25) is 0 Å². The first kappa shape index (κ1) is 14.9. The monoisotopic (exact) mass is 313 g/mol. The van der Waals surface area contributed by atoms with Gasteiger partial charge in [-0.2, -0.15) is 5.26 Å². The summed E-state index contributed by atoms with van der Waals surface area (Å²) in [5.41, 5.74) is 1.77. The van der Waals surface area contributed by atoms with Gasteiger partial charge in [0, 0.05) is 11.7 Å². The molecule has 1 aromatic carbocycles. The maximum atomic E-state index is 8.94. The summed E-state index contributed by atoms with van der Waals surface area (Å²) in [5, 5.41) is 18.2. The Kier molecular flexibility index (Phi) is 4.64. The van der Waals surface area contributed by atoms with E-state index in [-0.39, 0.29) is 0 Å². The van der Waals surface area contributed by atoms with E-state index < -0.39 is 0 Å². The maximum absolute atomic E-state index is 8.94. The Bertz CT molecular complexity index is 682. The van der Waals surface area contributed by atoms with Gasteiger partial charge in [0.2, 0.25) is 5.16 Å². The molecule has 2 aromatic rings. The van der Waals surface area contributed by atoms with Crippen molar-refractivity contribution in [2.45, 2.75) is 48.9 Å². The molecule has 0 amide bonds. The first-order valence-corrected chi connectivity index (χ1v) is 8.58. The van der Waals surface area contributed by atoms with E-state index in [0.717, 1.165) is 35.1 Å². The van der Waals surface area contributed by atoms with Crippen LogP contribution in [-0.4, -0.2) is 14.9 Å². The molecule has 22 heavy (non-hydrogen) atoms. The van der Waals surface area contributed by atoms with E-state index in [0.29, 0.717) is 11.5 Å². The Morgan fingerprint density at radius 2 is 2.09 bits per heavy atom. The fourth-order valence-corrected chi connectivity index (χ4v) is 3.71. The third-order valence-electron chi connectivity index (χ3n) is 4.09. The number of nitrogen functional groups attached to an aromatic ring is 1. The van der Waals surface area contributed by atoms with Crippen LogP contribution in [-0.2, 0) is 5.75 Å². The molecule has 3 rings (SSSR count). The van der Waals surface area contributed by atoms with E-state index in [2.05, 4.69) is 16.3 Å². The molecule has 0 saturated heterocycles. The highest BCUT2D eigenvalue weighted by Gasteiger charge is 2.22. The van der Waals surface area contributed by atoms with E-state index in [1.54, 1.807) is 22.5 Å². The van der Waals surface area contributed by atoms with Gasteiger partial charge in [-0.1, -0.05) is 43.2 Å². The van der Waals surface area contributed by atoms with Crippen LogP contribution >= 0.6 is 11.8 Å². The molecule has 1 aliphatic rings. The van der Waals surface area contributed by atoms with Crippen LogP contribution in [0.1, 0.15) is 55.0 Å². The molecule has 1 aliphatic carbocycles. The Balaban J connectivity index is 1.68. The van der Waals surface area contributed by atoms with Gasteiger partial charge in [-0.15, -0.1) is 10.2 Å². The van der Waals surface area contributed by atoms with Crippen molar-refractivity contribution in [2.24, 2.45) is 0 Å². The second kappa shape index (κ2) is 6.84. The summed E-state index contributed by atoms with van der Waals surface area (Å²) >= 11 is 1.56. The van der Waals surface area contributed by atoms with Crippen molar-refractivity contribution in [1.82, 2.24) is 14.9 Å². The molecule has 114 valence electrons. The zero-order chi connectivity index (χ0) is 15.4. The molecule has 1 fully saturated rings.